The lowest BCUT2D eigenvalue weighted by Crippen LogP contribution is -2.43. The fraction of sp³-hybridized carbons (Fsp3) is 0.292. The van der Waals surface area contributed by atoms with Gasteiger partial charge in [0.2, 0.25) is 0 Å². The predicted octanol–water partition coefficient (Wildman–Crippen LogP) is 5.22. The van der Waals surface area contributed by atoms with Crippen molar-refractivity contribution in [3.05, 3.63) is 79.0 Å². The zero-order valence-corrected chi connectivity index (χ0v) is 19.3. The lowest BCUT2D eigenvalue weighted by Gasteiger charge is -2.38. The molecule has 0 radical (unpaired) electrons. The molecule has 0 N–H and O–H groups in total. The number of hydrogen-bond donors (Lipinski definition) is 0. The van der Waals surface area contributed by atoms with E-state index in [4.69, 9.17) is 0 Å². The van der Waals surface area contributed by atoms with Gasteiger partial charge in [0.25, 0.3) is 10.0 Å². The van der Waals surface area contributed by atoms with Crippen LogP contribution in [-0.4, -0.2) is 34.2 Å². The number of aromatic nitrogens is 4. The molecule has 1 aliphatic carbocycles. The van der Waals surface area contributed by atoms with Gasteiger partial charge >= 0.3 is 6.18 Å². The summed E-state index contributed by atoms with van der Waals surface area (Å²) in [5, 5.41) is 8.46. The summed E-state index contributed by atoms with van der Waals surface area (Å²) < 4.78 is 71.5. The van der Waals surface area contributed by atoms with Crippen LogP contribution in [0, 0.1) is 0 Å². The minimum atomic E-state index is -4.66. The lowest BCUT2D eigenvalue weighted by molar-refractivity contribution is -0.137. The molecule has 0 unspecified atom stereocenters. The van der Waals surface area contributed by atoms with Crippen LogP contribution in [0.1, 0.15) is 37.3 Å². The Labute approximate surface area is 200 Å². The summed E-state index contributed by atoms with van der Waals surface area (Å²) in [5.74, 6) is 0. The number of sulfonamides is 1. The largest absolute Gasteiger partial charge is 0.416 e. The maximum Gasteiger partial charge on any atom is 0.416 e. The van der Waals surface area contributed by atoms with Crippen molar-refractivity contribution in [3.8, 4) is 0 Å². The van der Waals surface area contributed by atoms with E-state index >= 15 is 0 Å². The summed E-state index contributed by atoms with van der Waals surface area (Å²) in [6.07, 6.45) is 2.67. The number of alkyl halides is 3. The van der Waals surface area contributed by atoms with Crippen molar-refractivity contribution in [1.82, 2.24) is 19.7 Å². The molecule has 11 heteroatoms. The van der Waals surface area contributed by atoms with E-state index in [2.05, 4.69) is 15.2 Å². The third-order valence-electron chi connectivity index (χ3n) is 6.38. The zero-order chi connectivity index (χ0) is 24.6. The summed E-state index contributed by atoms with van der Waals surface area (Å²) >= 11 is 0. The lowest BCUT2D eigenvalue weighted by atomic mass is 9.90. The third-order valence-corrected chi connectivity index (χ3v) is 8.24. The Kier molecular flexibility index (Phi) is 5.96. The van der Waals surface area contributed by atoms with Gasteiger partial charge in [-0.15, -0.1) is 10.2 Å². The molecule has 1 aliphatic rings. The molecule has 0 amide bonds. The summed E-state index contributed by atoms with van der Waals surface area (Å²) in [5.41, 5.74) is -0.201. The van der Waals surface area contributed by atoms with Gasteiger partial charge in [-0.1, -0.05) is 24.3 Å². The van der Waals surface area contributed by atoms with Crippen LogP contribution in [0.25, 0.3) is 10.9 Å². The molecule has 0 saturated heterocycles. The van der Waals surface area contributed by atoms with E-state index in [1.54, 1.807) is 37.1 Å². The van der Waals surface area contributed by atoms with E-state index in [0.717, 1.165) is 30.4 Å². The fourth-order valence-corrected chi connectivity index (χ4v) is 6.50. The molecule has 182 valence electrons. The van der Waals surface area contributed by atoms with E-state index < -0.39 is 32.7 Å². The minimum Gasteiger partial charge on any atom is -0.317 e. The summed E-state index contributed by atoms with van der Waals surface area (Å²) in [4.78, 5) is 4.01. The highest BCUT2D eigenvalue weighted by molar-refractivity contribution is 7.92. The standard InChI is InChI=1S/C24H22F3N5O2S/c25-24(26,27)18-7-2-10-21(13-18)35(33,34)32(22-11-1-5-17-6-4-12-28-23(17)22)20-9-3-8-19(14-20)31-15-29-30-16-31/h1-2,4-7,10-13,15-16,19-20H,3,8-9,14H2/t19-,20+/m1/s1. The maximum atomic E-state index is 14.0. The molecule has 0 aliphatic heterocycles. The topological polar surface area (TPSA) is 81.0 Å². The average Bonchev–Trinajstić information content (AvgIpc) is 3.39. The van der Waals surface area contributed by atoms with Crippen LogP contribution in [-0.2, 0) is 16.2 Å². The van der Waals surface area contributed by atoms with Crippen LogP contribution in [0.3, 0.4) is 0 Å². The Morgan fingerprint density at radius 1 is 0.971 bits per heavy atom. The normalized spacial score (nSPS) is 19.1. The molecule has 7 nitrogen and oxygen atoms in total. The Morgan fingerprint density at radius 2 is 1.71 bits per heavy atom. The summed E-state index contributed by atoms with van der Waals surface area (Å²) in [6.45, 7) is 0. The Bertz CT molecular complexity index is 1440. The number of rotatable bonds is 5. The number of anilines is 1. The van der Waals surface area contributed by atoms with E-state index in [-0.39, 0.29) is 6.04 Å². The van der Waals surface area contributed by atoms with Crippen molar-refractivity contribution in [1.29, 1.82) is 0 Å². The number of benzene rings is 2. The number of nitrogens with zero attached hydrogens (tertiary/aromatic N) is 5. The molecule has 1 saturated carbocycles. The maximum absolute atomic E-state index is 14.0. The predicted molar refractivity (Wildman–Crippen MR) is 124 cm³/mol. The Hall–Kier alpha value is -3.47. The second-order valence-electron chi connectivity index (χ2n) is 8.56. The second kappa shape index (κ2) is 8.95. The van der Waals surface area contributed by atoms with Gasteiger partial charge in [0.15, 0.2) is 0 Å². The van der Waals surface area contributed by atoms with Gasteiger partial charge in [0, 0.05) is 23.7 Å². The number of para-hydroxylation sites is 1. The van der Waals surface area contributed by atoms with Crippen molar-refractivity contribution in [3.63, 3.8) is 0 Å². The molecular formula is C24H22F3N5O2S. The first kappa shape index (κ1) is 23.3. The molecule has 2 atom stereocenters. The molecule has 5 rings (SSSR count). The zero-order valence-electron chi connectivity index (χ0n) is 18.5. The van der Waals surface area contributed by atoms with Crippen LogP contribution in [0.15, 0.2) is 78.3 Å². The van der Waals surface area contributed by atoms with Gasteiger partial charge in [0.1, 0.15) is 12.7 Å². The first-order chi connectivity index (χ1) is 16.7. The second-order valence-corrected chi connectivity index (χ2v) is 10.4. The highest BCUT2D eigenvalue weighted by Gasteiger charge is 2.38. The van der Waals surface area contributed by atoms with Gasteiger partial charge in [-0.05, 0) is 56.0 Å². The first-order valence-corrected chi connectivity index (χ1v) is 12.6. The summed E-state index contributed by atoms with van der Waals surface area (Å²) in [7, 11) is -4.37. The van der Waals surface area contributed by atoms with Gasteiger partial charge < -0.3 is 4.57 Å². The molecule has 2 heterocycles. The molecule has 0 spiro atoms. The monoisotopic (exact) mass is 501 g/mol. The van der Waals surface area contributed by atoms with Crippen LogP contribution >= 0.6 is 0 Å². The van der Waals surface area contributed by atoms with E-state index in [1.165, 1.54) is 10.4 Å². The van der Waals surface area contributed by atoms with Gasteiger partial charge in [-0.25, -0.2) is 8.42 Å². The van der Waals surface area contributed by atoms with Crippen molar-refractivity contribution in [2.45, 2.75) is 48.8 Å². The molecule has 4 aromatic rings. The summed E-state index contributed by atoms with van der Waals surface area (Å²) in [6, 6.07) is 12.1. The number of hydrogen-bond acceptors (Lipinski definition) is 5. The average molecular weight is 502 g/mol. The van der Waals surface area contributed by atoms with Crippen LogP contribution in [0.2, 0.25) is 0 Å². The fourth-order valence-electron chi connectivity index (χ4n) is 4.75. The van der Waals surface area contributed by atoms with E-state index in [9.17, 15) is 21.6 Å². The quantitative estimate of drug-likeness (QED) is 0.374. The molecule has 2 aromatic carbocycles. The Balaban J connectivity index is 1.66. The highest BCUT2D eigenvalue weighted by Crippen LogP contribution is 2.39. The smallest absolute Gasteiger partial charge is 0.317 e. The number of fused-ring (bicyclic) bond motifs is 1. The highest BCUT2D eigenvalue weighted by atomic mass is 32.2. The van der Waals surface area contributed by atoms with Crippen molar-refractivity contribution in [2.75, 3.05) is 4.31 Å². The van der Waals surface area contributed by atoms with Gasteiger partial charge in [-0.3, -0.25) is 9.29 Å². The first-order valence-electron chi connectivity index (χ1n) is 11.1. The van der Waals surface area contributed by atoms with Crippen LogP contribution in [0.5, 0.6) is 0 Å². The molecule has 0 bridgehead atoms. The van der Waals surface area contributed by atoms with Crippen molar-refractivity contribution < 1.29 is 21.6 Å². The molecule has 35 heavy (non-hydrogen) atoms. The van der Waals surface area contributed by atoms with Gasteiger partial charge in [-0.2, -0.15) is 13.2 Å². The Morgan fingerprint density at radius 3 is 2.49 bits per heavy atom. The van der Waals surface area contributed by atoms with E-state index in [1.807, 2.05) is 16.7 Å². The van der Waals surface area contributed by atoms with Gasteiger partial charge in [0.05, 0.1) is 21.7 Å². The van der Waals surface area contributed by atoms with Crippen molar-refractivity contribution >= 4 is 26.6 Å². The molecule has 2 aromatic heterocycles. The number of halogens is 3. The molecule has 1 fully saturated rings. The van der Waals surface area contributed by atoms with E-state index in [0.29, 0.717) is 30.1 Å². The number of pyridine rings is 1. The molecular weight excluding hydrogens is 479 g/mol. The van der Waals surface area contributed by atoms with Crippen molar-refractivity contribution in [2.24, 2.45) is 0 Å². The van der Waals surface area contributed by atoms with Crippen LogP contribution in [0.4, 0.5) is 18.9 Å². The third kappa shape index (κ3) is 4.47. The minimum absolute atomic E-state index is 0.0362. The van der Waals surface area contributed by atoms with Crippen LogP contribution < -0.4 is 4.31 Å². The SMILES string of the molecule is O=S(=O)(c1cccc(C(F)(F)F)c1)N(c1cccc2cccnc12)[C@H]1CCC[C@@H](n2cnnc2)C1.